The van der Waals surface area contributed by atoms with Crippen LogP contribution in [0.3, 0.4) is 0 Å². The molecule has 0 amide bonds. The Morgan fingerprint density at radius 1 is 1.71 bits per heavy atom. The fourth-order valence-corrected chi connectivity index (χ4v) is 2.21. The molecule has 0 radical (unpaired) electrons. The largest absolute Gasteiger partial charge is 0.359 e. The molecule has 1 atom stereocenters. The van der Waals surface area contributed by atoms with Crippen LogP contribution >= 0.6 is 22.9 Å². The minimum Gasteiger partial charge on any atom is -0.359 e. The molecule has 0 fully saturated rings. The van der Waals surface area contributed by atoms with Gasteiger partial charge in [0.25, 0.3) is 0 Å². The van der Waals surface area contributed by atoms with Gasteiger partial charge in [-0.2, -0.15) is 5.26 Å². The maximum atomic E-state index is 8.68. The maximum Gasteiger partial charge on any atom is 0.185 e. The van der Waals surface area contributed by atoms with Crippen molar-refractivity contribution < 1.29 is 0 Å². The van der Waals surface area contributed by atoms with E-state index in [1.165, 1.54) is 11.3 Å². The first-order valence-corrected chi connectivity index (χ1v) is 5.69. The molecule has 5 heteroatoms. The summed E-state index contributed by atoms with van der Waals surface area (Å²) in [5, 5.41) is 12.9. The Morgan fingerprint density at radius 3 is 2.93 bits per heavy atom. The van der Waals surface area contributed by atoms with Crippen molar-refractivity contribution >= 4 is 28.1 Å². The molecular formula is C9H12ClN3S. The van der Waals surface area contributed by atoms with Crippen LogP contribution in [0.5, 0.6) is 0 Å². The Labute approximate surface area is 92.7 Å². The molecule has 1 aromatic heterocycles. The molecule has 1 rings (SSSR count). The second-order valence-corrected chi connectivity index (χ2v) is 4.44. The van der Waals surface area contributed by atoms with Crippen LogP contribution in [0.25, 0.3) is 0 Å². The highest BCUT2D eigenvalue weighted by Crippen LogP contribution is 2.26. The van der Waals surface area contributed by atoms with Crippen molar-refractivity contribution in [3.05, 3.63) is 10.0 Å². The van der Waals surface area contributed by atoms with Crippen LogP contribution < -0.4 is 5.32 Å². The van der Waals surface area contributed by atoms with Gasteiger partial charge in [-0.1, -0.05) is 36.3 Å². The lowest BCUT2D eigenvalue weighted by Gasteiger charge is -2.10. The summed E-state index contributed by atoms with van der Waals surface area (Å²) in [7, 11) is 0. The average Bonchev–Trinajstić information content (AvgIpc) is 2.46. The summed E-state index contributed by atoms with van der Waals surface area (Å²) in [6.07, 6.45) is 2.21. The van der Waals surface area contributed by atoms with E-state index < -0.39 is 0 Å². The van der Waals surface area contributed by atoms with Crippen LogP contribution in [0.2, 0.25) is 5.15 Å². The molecule has 0 saturated carbocycles. The first-order chi connectivity index (χ1) is 6.67. The first kappa shape index (κ1) is 11.3. The summed E-state index contributed by atoms with van der Waals surface area (Å²) in [6.45, 7) is 4.22. The molecule has 0 bridgehead atoms. The summed E-state index contributed by atoms with van der Waals surface area (Å²) in [6, 6.07) is 2.37. The van der Waals surface area contributed by atoms with Crippen molar-refractivity contribution in [2.24, 2.45) is 0 Å². The third kappa shape index (κ3) is 2.86. The van der Waals surface area contributed by atoms with Crippen LogP contribution in [0.15, 0.2) is 0 Å². The molecule has 0 spiro atoms. The lowest BCUT2D eigenvalue weighted by Crippen LogP contribution is -2.13. The molecule has 0 aliphatic heterocycles. The number of hydrogen-bond acceptors (Lipinski definition) is 4. The molecule has 1 aromatic rings. The van der Waals surface area contributed by atoms with Gasteiger partial charge in [0.2, 0.25) is 0 Å². The number of nitrogens with one attached hydrogen (secondary N) is 1. The summed E-state index contributed by atoms with van der Waals surface area (Å²) in [4.78, 5) is 4.52. The highest BCUT2D eigenvalue weighted by molar-refractivity contribution is 7.16. The Morgan fingerprint density at radius 2 is 2.43 bits per heavy atom. The smallest absolute Gasteiger partial charge is 0.185 e. The SMILES string of the molecule is CCCC(C)Nc1nc(Cl)c(C#N)s1. The van der Waals surface area contributed by atoms with Crippen molar-refractivity contribution in [2.75, 3.05) is 5.32 Å². The predicted octanol–water partition coefficient (Wildman–Crippen LogP) is 3.27. The van der Waals surface area contributed by atoms with Gasteiger partial charge in [0.05, 0.1) is 0 Å². The third-order valence-corrected chi connectivity index (χ3v) is 3.06. The van der Waals surface area contributed by atoms with Gasteiger partial charge in [-0.3, -0.25) is 0 Å². The maximum absolute atomic E-state index is 8.68. The zero-order chi connectivity index (χ0) is 10.6. The zero-order valence-electron chi connectivity index (χ0n) is 8.17. The highest BCUT2D eigenvalue weighted by Gasteiger charge is 2.09. The molecule has 14 heavy (non-hydrogen) atoms. The minimum atomic E-state index is 0.295. The normalized spacial score (nSPS) is 12.1. The van der Waals surface area contributed by atoms with E-state index in [1.807, 2.05) is 6.07 Å². The van der Waals surface area contributed by atoms with Crippen molar-refractivity contribution in [1.82, 2.24) is 4.98 Å². The molecule has 0 saturated heterocycles. The fourth-order valence-electron chi connectivity index (χ4n) is 1.15. The highest BCUT2D eigenvalue weighted by atomic mass is 35.5. The minimum absolute atomic E-state index is 0.295. The standard InChI is InChI=1S/C9H12ClN3S/c1-3-4-6(2)12-9-13-8(10)7(5-11)14-9/h6H,3-4H2,1-2H3,(H,12,13). The van der Waals surface area contributed by atoms with Crippen LogP contribution in [0.4, 0.5) is 5.13 Å². The Balaban J connectivity index is 2.64. The van der Waals surface area contributed by atoms with Crippen LogP contribution in [-0.4, -0.2) is 11.0 Å². The Kier molecular flexibility index (Phi) is 4.18. The van der Waals surface area contributed by atoms with E-state index in [4.69, 9.17) is 16.9 Å². The molecule has 3 nitrogen and oxygen atoms in total. The lowest BCUT2D eigenvalue weighted by atomic mass is 10.2. The van der Waals surface area contributed by atoms with E-state index >= 15 is 0 Å². The van der Waals surface area contributed by atoms with E-state index in [-0.39, 0.29) is 0 Å². The van der Waals surface area contributed by atoms with Crippen molar-refractivity contribution in [3.63, 3.8) is 0 Å². The molecule has 0 aliphatic carbocycles. The molecule has 0 aromatic carbocycles. The van der Waals surface area contributed by atoms with E-state index in [2.05, 4.69) is 24.1 Å². The summed E-state index contributed by atoms with van der Waals surface area (Å²) < 4.78 is 0. The number of nitrogens with zero attached hydrogens (tertiary/aromatic N) is 2. The van der Waals surface area contributed by atoms with Crippen molar-refractivity contribution in [1.29, 1.82) is 5.26 Å². The number of thiazole rings is 1. The quantitative estimate of drug-likeness (QED) is 0.862. The predicted molar refractivity (Wildman–Crippen MR) is 59.8 cm³/mol. The van der Waals surface area contributed by atoms with E-state index in [9.17, 15) is 0 Å². The second kappa shape index (κ2) is 5.18. The summed E-state index contributed by atoms with van der Waals surface area (Å²) in [5.41, 5.74) is 0. The van der Waals surface area contributed by atoms with Gasteiger partial charge in [0.1, 0.15) is 10.9 Å². The number of nitriles is 1. The topological polar surface area (TPSA) is 48.7 Å². The Hall–Kier alpha value is -0.790. The third-order valence-electron chi connectivity index (χ3n) is 1.78. The van der Waals surface area contributed by atoms with Gasteiger partial charge in [-0.05, 0) is 13.3 Å². The zero-order valence-corrected chi connectivity index (χ0v) is 9.74. The molecule has 1 heterocycles. The second-order valence-electron chi connectivity index (χ2n) is 3.08. The summed E-state index contributed by atoms with van der Waals surface area (Å²) in [5.74, 6) is 0. The van der Waals surface area contributed by atoms with Gasteiger partial charge in [-0.25, -0.2) is 4.98 Å². The lowest BCUT2D eigenvalue weighted by molar-refractivity contribution is 0.690. The summed E-state index contributed by atoms with van der Waals surface area (Å²) >= 11 is 7.04. The van der Waals surface area contributed by atoms with Gasteiger partial charge in [-0.15, -0.1) is 0 Å². The fraction of sp³-hybridized carbons (Fsp3) is 0.556. The number of halogens is 1. The molecule has 0 aliphatic rings. The van der Waals surface area contributed by atoms with Gasteiger partial charge >= 0.3 is 0 Å². The van der Waals surface area contributed by atoms with Crippen LogP contribution in [-0.2, 0) is 0 Å². The van der Waals surface area contributed by atoms with Gasteiger partial charge < -0.3 is 5.32 Å². The molecule has 1 N–H and O–H groups in total. The molecule has 1 unspecified atom stereocenters. The van der Waals surface area contributed by atoms with Crippen LogP contribution in [0, 0.1) is 11.3 Å². The van der Waals surface area contributed by atoms with Crippen LogP contribution in [0.1, 0.15) is 31.6 Å². The van der Waals surface area contributed by atoms with Gasteiger partial charge in [0.15, 0.2) is 10.3 Å². The number of rotatable bonds is 4. The van der Waals surface area contributed by atoms with E-state index in [0.717, 1.165) is 18.0 Å². The number of anilines is 1. The first-order valence-electron chi connectivity index (χ1n) is 4.50. The number of hydrogen-bond donors (Lipinski definition) is 1. The van der Waals surface area contributed by atoms with E-state index in [1.54, 1.807) is 0 Å². The number of aromatic nitrogens is 1. The molecular weight excluding hydrogens is 218 g/mol. The Bertz CT molecular complexity index is 342. The average molecular weight is 230 g/mol. The van der Waals surface area contributed by atoms with Crippen molar-refractivity contribution in [3.8, 4) is 6.07 Å². The van der Waals surface area contributed by atoms with E-state index in [0.29, 0.717) is 16.1 Å². The molecule has 76 valence electrons. The van der Waals surface area contributed by atoms with Crippen molar-refractivity contribution in [2.45, 2.75) is 32.7 Å². The van der Waals surface area contributed by atoms with Gasteiger partial charge in [0, 0.05) is 6.04 Å². The monoisotopic (exact) mass is 229 g/mol.